The largest absolute Gasteiger partial charge is 0.391 e. The summed E-state index contributed by atoms with van der Waals surface area (Å²) < 4.78 is 0. The summed E-state index contributed by atoms with van der Waals surface area (Å²) in [4.78, 5) is 12.9. The fourth-order valence-corrected chi connectivity index (χ4v) is 1.27. The maximum absolute atomic E-state index is 11.3. The Morgan fingerprint density at radius 2 is 2.50 bits per heavy atom. The molecule has 0 aromatic carbocycles. The molecule has 0 aliphatic carbocycles. The van der Waals surface area contributed by atoms with Gasteiger partial charge in [0.1, 0.15) is 5.92 Å². The van der Waals surface area contributed by atoms with E-state index in [2.05, 4.69) is 0 Å². The Hall–Kier alpha value is -1.08. The van der Waals surface area contributed by atoms with Gasteiger partial charge in [-0.15, -0.1) is 0 Å². The van der Waals surface area contributed by atoms with Gasteiger partial charge in [-0.1, -0.05) is 0 Å². The highest BCUT2D eigenvalue weighted by molar-refractivity contribution is 5.81. The van der Waals surface area contributed by atoms with Crippen molar-refractivity contribution >= 4 is 5.91 Å². The van der Waals surface area contributed by atoms with Gasteiger partial charge in [0.2, 0.25) is 5.91 Å². The van der Waals surface area contributed by atoms with Crippen LogP contribution in [-0.2, 0) is 4.79 Å². The number of aliphatic hydroxyl groups excluding tert-OH is 1. The van der Waals surface area contributed by atoms with Crippen molar-refractivity contribution in [2.45, 2.75) is 19.4 Å². The summed E-state index contributed by atoms with van der Waals surface area (Å²) in [5, 5.41) is 17.6. The molecule has 4 heteroatoms. The summed E-state index contributed by atoms with van der Waals surface area (Å²) in [6, 6.07) is 1.88. The molecule has 1 aliphatic heterocycles. The number of nitriles is 1. The Labute approximate surface area is 71.4 Å². The predicted octanol–water partition coefficient (Wildman–Crippen LogP) is -0.261. The quantitative estimate of drug-likeness (QED) is 0.586. The number of nitrogens with zero attached hydrogens (tertiary/aromatic N) is 2. The molecule has 1 aliphatic rings. The maximum atomic E-state index is 11.3. The number of carbonyl (C=O) groups excluding carboxylic acids is 1. The Morgan fingerprint density at radius 3 is 2.92 bits per heavy atom. The van der Waals surface area contributed by atoms with Gasteiger partial charge in [0, 0.05) is 13.1 Å². The SMILES string of the molecule is CC(C#N)C(=O)N1CC[C@@H](O)C1. The van der Waals surface area contributed by atoms with Crippen LogP contribution in [0.25, 0.3) is 0 Å². The lowest BCUT2D eigenvalue weighted by Gasteiger charge is -2.16. The van der Waals surface area contributed by atoms with Gasteiger partial charge in [-0.05, 0) is 13.3 Å². The van der Waals surface area contributed by atoms with E-state index in [1.807, 2.05) is 6.07 Å². The van der Waals surface area contributed by atoms with Crippen molar-refractivity contribution in [3.05, 3.63) is 0 Å². The van der Waals surface area contributed by atoms with E-state index in [1.165, 1.54) is 0 Å². The molecule has 0 saturated carbocycles. The highest BCUT2D eigenvalue weighted by Crippen LogP contribution is 2.11. The van der Waals surface area contributed by atoms with Crippen molar-refractivity contribution in [1.82, 2.24) is 4.90 Å². The summed E-state index contributed by atoms with van der Waals surface area (Å²) in [6.07, 6.45) is 0.226. The zero-order valence-electron chi connectivity index (χ0n) is 7.03. The molecule has 0 spiro atoms. The van der Waals surface area contributed by atoms with E-state index >= 15 is 0 Å². The first-order valence-corrected chi connectivity index (χ1v) is 4.01. The van der Waals surface area contributed by atoms with Crippen LogP contribution in [0.2, 0.25) is 0 Å². The first kappa shape index (κ1) is 9.01. The molecule has 2 atom stereocenters. The van der Waals surface area contributed by atoms with Gasteiger partial charge in [-0.3, -0.25) is 4.79 Å². The smallest absolute Gasteiger partial charge is 0.239 e. The van der Waals surface area contributed by atoms with Crippen molar-refractivity contribution in [2.75, 3.05) is 13.1 Å². The second-order valence-corrected chi connectivity index (χ2v) is 3.08. The first-order valence-electron chi connectivity index (χ1n) is 4.01. The van der Waals surface area contributed by atoms with Crippen LogP contribution in [0, 0.1) is 17.2 Å². The van der Waals surface area contributed by atoms with Crippen LogP contribution in [-0.4, -0.2) is 35.1 Å². The van der Waals surface area contributed by atoms with Crippen LogP contribution in [0.4, 0.5) is 0 Å². The Morgan fingerprint density at radius 1 is 1.83 bits per heavy atom. The van der Waals surface area contributed by atoms with E-state index < -0.39 is 12.0 Å². The minimum atomic E-state index is -0.588. The molecule has 1 amide bonds. The average molecular weight is 168 g/mol. The Bertz CT molecular complexity index is 222. The number of rotatable bonds is 1. The van der Waals surface area contributed by atoms with Gasteiger partial charge in [-0.2, -0.15) is 5.26 Å². The summed E-state index contributed by atoms with van der Waals surface area (Å²) in [6.45, 7) is 2.53. The lowest BCUT2D eigenvalue weighted by atomic mass is 10.2. The number of β-amino-alcohol motifs (C(OH)–C–C–N with tert-alkyl or cyclic N) is 1. The maximum Gasteiger partial charge on any atom is 0.239 e. The van der Waals surface area contributed by atoms with Crippen molar-refractivity contribution in [3.8, 4) is 6.07 Å². The van der Waals surface area contributed by atoms with Gasteiger partial charge in [-0.25, -0.2) is 0 Å². The fourth-order valence-electron chi connectivity index (χ4n) is 1.27. The molecule has 66 valence electrons. The number of aliphatic hydroxyl groups is 1. The third kappa shape index (κ3) is 1.74. The zero-order valence-corrected chi connectivity index (χ0v) is 7.03. The molecule has 4 nitrogen and oxygen atoms in total. The molecule has 0 bridgehead atoms. The topological polar surface area (TPSA) is 64.3 Å². The number of amides is 1. The van der Waals surface area contributed by atoms with Crippen LogP contribution >= 0.6 is 0 Å². The molecule has 1 rings (SSSR count). The number of likely N-dealkylation sites (tertiary alicyclic amines) is 1. The molecule has 0 aromatic heterocycles. The highest BCUT2D eigenvalue weighted by atomic mass is 16.3. The first-order chi connectivity index (χ1) is 5.65. The van der Waals surface area contributed by atoms with E-state index in [1.54, 1.807) is 11.8 Å². The van der Waals surface area contributed by atoms with Crippen LogP contribution in [0.5, 0.6) is 0 Å². The van der Waals surface area contributed by atoms with Gasteiger partial charge in [0.05, 0.1) is 12.2 Å². The highest BCUT2D eigenvalue weighted by Gasteiger charge is 2.27. The second-order valence-electron chi connectivity index (χ2n) is 3.08. The average Bonchev–Trinajstić information content (AvgIpc) is 2.49. The minimum absolute atomic E-state index is 0.172. The van der Waals surface area contributed by atoms with E-state index in [9.17, 15) is 4.79 Å². The number of carbonyl (C=O) groups is 1. The summed E-state index contributed by atoms with van der Waals surface area (Å²) in [5.74, 6) is -0.760. The monoisotopic (exact) mass is 168 g/mol. The fraction of sp³-hybridized carbons (Fsp3) is 0.750. The lowest BCUT2D eigenvalue weighted by Crippen LogP contribution is -2.33. The van der Waals surface area contributed by atoms with Crippen LogP contribution in [0.1, 0.15) is 13.3 Å². The van der Waals surface area contributed by atoms with Crippen LogP contribution < -0.4 is 0 Å². The minimum Gasteiger partial charge on any atom is -0.391 e. The molecule has 1 N–H and O–H groups in total. The van der Waals surface area contributed by atoms with E-state index in [4.69, 9.17) is 10.4 Å². The predicted molar refractivity (Wildman–Crippen MR) is 42.0 cm³/mol. The molecule has 1 fully saturated rings. The molecule has 0 aromatic rings. The second kappa shape index (κ2) is 3.55. The zero-order chi connectivity index (χ0) is 9.14. The van der Waals surface area contributed by atoms with Gasteiger partial charge < -0.3 is 10.0 Å². The Balaban J connectivity index is 2.50. The molecular weight excluding hydrogens is 156 g/mol. The molecule has 12 heavy (non-hydrogen) atoms. The van der Waals surface area contributed by atoms with Crippen LogP contribution in [0.3, 0.4) is 0 Å². The molecular formula is C8H12N2O2. The third-order valence-corrected chi connectivity index (χ3v) is 2.04. The van der Waals surface area contributed by atoms with E-state index in [0.29, 0.717) is 19.5 Å². The molecule has 1 heterocycles. The van der Waals surface area contributed by atoms with Crippen LogP contribution in [0.15, 0.2) is 0 Å². The van der Waals surface area contributed by atoms with Gasteiger partial charge >= 0.3 is 0 Å². The molecule has 1 saturated heterocycles. The third-order valence-electron chi connectivity index (χ3n) is 2.04. The standard InChI is InChI=1S/C8H12N2O2/c1-6(4-9)8(12)10-3-2-7(11)5-10/h6-7,11H,2-3,5H2,1H3/t6?,7-/m1/s1. The molecule has 0 radical (unpaired) electrons. The van der Waals surface area contributed by atoms with E-state index in [-0.39, 0.29) is 5.91 Å². The summed E-state index contributed by atoms with van der Waals surface area (Å²) in [7, 11) is 0. The molecule has 1 unspecified atom stereocenters. The summed E-state index contributed by atoms with van der Waals surface area (Å²) >= 11 is 0. The van der Waals surface area contributed by atoms with Gasteiger partial charge in [0.15, 0.2) is 0 Å². The van der Waals surface area contributed by atoms with Gasteiger partial charge in [0.25, 0.3) is 0 Å². The van der Waals surface area contributed by atoms with Crippen molar-refractivity contribution in [3.63, 3.8) is 0 Å². The summed E-state index contributed by atoms with van der Waals surface area (Å²) in [5.41, 5.74) is 0. The normalized spacial score (nSPS) is 25.1. The van der Waals surface area contributed by atoms with E-state index in [0.717, 1.165) is 0 Å². The van der Waals surface area contributed by atoms with Crippen molar-refractivity contribution in [1.29, 1.82) is 5.26 Å². The number of hydrogen-bond acceptors (Lipinski definition) is 3. The van der Waals surface area contributed by atoms with Crippen molar-refractivity contribution in [2.24, 2.45) is 5.92 Å². The van der Waals surface area contributed by atoms with Crippen molar-refractivity contribution < 1.29 is 9.90 Å². The number of hydrogen-bond donors (Lipinski definition) is 1. The Kier molecular flexibility index (Phi) is 2.66. The lowest BCUT2D eigenvalue weighted by molar-refractivity contribution is -0.132.